The first-order valence-electron chi connectivity index (χ1n) is 13.2. The molecule has 3 aliphatic rings. The molecule has 0 radical (unpaired) electrons. The van der Waals surface area contributed by atoms with Gasteiger partial charge in [0.1, 0.15) is 28.9 Å². The molecule has 2 unspecified atom stereocenters. The van der Waals surface area contributed by atoms with E-state index in [9.17, 15) is 19.6 Å². The van der Waals surface area contributed by atoms with Crippen LogP contribution in [0, 0.1) is 17.1 Å². The van der Waals surface area contributed by atoms with Crippen molar-refractivity contribution in [2.75, 3.05) is 4.90 Å². The Balaban J connectivity index is 1.11. The molecule has 2 bridgehead atoms. The SMILES string of the molecule is N#Cc1cc(C(=O)O)cc2sc(N3C4CCC3CC(OCc3c(-c5ccccc5F)noc3C3CC3)C4)nc12. The van der Waals surface area contributed by atoms with Gasteiger partial charge < -0.3 is 19.3 Å². The summed E-state index contributed by atoms with van der Waals surface area (Å²) in [6.45, 7) is 0.327. The molecule has 8 nitrogen and oxygen atoms in total. The molecule has 2 atom stereocenters. The van der Waals surface area contributed by atoms with Crippen LogP contribution >= 0.6 is 11.3 Å². The molecule has 2 aromatic heterocycles. The Morgan fingerprint density at radius 3 is 2.67 bits per heavy atom. The van der Waals surface area contributed by atoms with Gasteiger partial charge in [0, 0.05) is 29.1 Å². The van der Waals surface area contributed by atoms with E-state index in [1.807, 2.05) is 0 Å². The maximum Gasteiger partial charge on any atom is 0.335 e. The van der Waals surface area contributed by atoms with Gasteiger partial charge in [0.2, 0.25) is 0 Å². The van der Waals surface area contributed by atoms with Gasteiger partial charge in [-0.05, 0) is 62.8 Å². The number of carboxylic acids is 1. The lowest BCUT2D eigenvalue weighted by Gasteiger charge is -2.38. The van der Waals surface area contributed by atoms with Crippen LogP contribution in [-0.4, -0.2) is 39.4 Å². The largest absolute Gasteiger partial charge is 0.478 e. The quantitative estimate of drug-likeness (QED) is 0.290. The normalized spacial score (nSPS) is 22.4. The van der Waals surface area contributed by atoms with Crippen LogP contribution in [0.15, 0.2) is 40.9 Å². The van der Waals surface area contributed by atoms with E-state index in [1.165, 1.54) is 23.5 Å². The summed E-state index contributed by atoms with van der Waals surface area (Å²) < 4.78 is 27.5. The second-order valence-electron chi connectivity index (χ2n) is 10.6. The van der Waals surface area contributed by atoms with Gasteiger partial charge in [0.05, 0.1) is 28.5 Å². The zero-order chi connectivity index (χ0) is 26.7. The van der Waals surface area contributed by atoms with E-state index in [1.54, 1.807) is 24.3 Å². The average Bonchev–Trinajstić information content (AvgIpc) is 3.45. The number of carbonyl (C=O) groups is 1. The van der Waals surface area contributed by atoms with Crippen molar-refractivity contribution in [1.82, 2.24) is 10.1 Å². The summed E-state index contributed by atoms with van der Waals surface area (Å²) in [5.74, 6) is -0.241. The Hall–Kier alpha value is -3.81. The minimum atomic E-state index is -1.06. The van der Waals surface area contributed by atoms with Gasteiger partial charge in [0.15, 0.2) is 5.13 Å². The summed E-state index contributed by atoms with van der Waals surface area (Å²) in [4.78, 5) is 18.6. The highest BCUT2D eigenvalue weighted by Crippen LogP contribution is 2.46. The summed E-state index contributed by atoms with van der Waals surface area (Å²) >= 11 is 1.44. The summed E-state index contributed by atoms with van der Waals surface area (Å²) in [6.07, 6.45) is 5.83. The average molecular weight is 545 g/mol. The van der Waals surface area contributed by atoms with Gasteiger partial charge >= 0.3 is 5.97 Å². The number of aromatic carboxylic acids is 1. The van der Waals surface area contributed by atoms with E-state index in [-0.39, 0.29) is 35.1 Å². The van der Waals surface area contributed by atoms with Crippen LogP contribution in [0.5, 0.6) is 0 Å². The first-order chi connectivity index (χ1) is 19.0. The number of anilines is 1. The molecule has 2 aliphatic heterocycles. The second kappa shape index (κ2) is 9.43. The van der Waals surface area contributed by atoms with Crippen LogP contribution in [-0.2, 0) is 11.3 Å². The number of benzene rings is 2. The van der Waals surface area contributed by atoms with E-state index >= 15 is 0 Å². The number of hydrogen-bond donors (Lipinski definition) is 1. The summed E-state index contributed by atoms with van der Waals surface area (Å²) in [6, 6.07) is 12.2. The highest BCUT2D eigenvalue weighted by Gasteiger charge is 2.43. The van der Waals surface area contributed by atoms with Crippen molar-refractivity contribution in [2.24, 2.45) is 0 Å². The first-order valence-corrected chi connectivity index (χ1v) is 14.0. The summed E-state index contributed by atoms with van der Waals surface area (Å²) in [7, 11) is 0. The van der Waals surface area contributed by atoms with Crippen LogP contribution < -0.4 is 4.90 Å². The number of rotatable bonds is 7. The molecule has 4 aromatic rings. The third-order valence-electron chi connectivity index (χ3n) is 8.12. The molecule has 39 heavy (non-hydrogen) atoms. The molecule has 198 valence electrons. The topological polar surface area (TPSA) is 112 Å². The van der Waals surface area contributed by atoms with Crippen molar-refractivity contribution in [3.8, 4) is 17.3 Å². The van der Waals surface area contributed by atoms with Crippen LogP contribution in [0.1, 0.15) is 71.7 Å². The van der Waals surface area contributed by atoms with E-state index < -0.39 is 5.97 Å². The molecule has 0 spiro atoms. The Morgan fingerprint density at radius 1 is 1.21 bits per heavy atom. The third-order valence-corrected chi connectivity index (χ3v) is 9.14. The first kappa shape index (κ1) is 24.2. The lowest BCUT2D eigenvalue weighted by atomic mass is 10.00. The molecule has 7 rings (SSSR count). The molecule has 0 amide bonds. The molecular weight excluding hydrogens is 519 g/mol. The number of piperidine rings is 1. The van der Waals surface area contributed by atoms with Gasteiger partial charge in [-0.1, -0.05) is 28.6 Å². The van der Waals surface area contributed by atoms with E-state index in [2.05, 4.69) is 16.1 Å². The number of carboxylic acid groups (broad SMARTS) is 1. The van der Waals surface area contributed by atoms with Gasteiger partial charge in [-0.3, -0.25) is 0 Å². The minimum absolute atomic E-state index is 0.0387. The zero-order valence-corrected chi connectivity index (χ0v) is 21.8. The molecule has 2 aromatic carbocycles. The summed E-state index contributed by atoms with van der Waals surface area (Å²) in [5.41, 5.74) is 2.74. The van der Waals surface area contributed by atoms with E-state index in [0.717, 1.165) is 55.0 Å². The van der Waals surface area contributed by atoms with Crippen molar-refractivity contribution in [2.45, 2.75) is 69.2 Å². The number of ether oxygens (including phenoxy) is 1. The number of hydrogen-bond acceptors (Lipinski definition) is 8. The number of nitriles is 1. The molecule has 1 saturated carbocycles. The lowest BCUT2D eigenvalue weighted by Crippen LogP contribution is -2.45. The number of aromatic nitrogens is 2. The third kappa shape index (κ3) is 4.26. The monoisotopic (exact) mass is 544 g/mol. The van der Waals surface area contributed by atoms with Gasteiger partial charge in [-0.2, -0.15) is 5.26 Å². The Bertz CT molecular complexity index is 1620. The van der Waals surface area contributed by atoms with E-state index in [0.29, 0.717) is 34.0 Å². The molecule has 1 N–H and O–H groups in total. The molecule has 4 heterocycles. The lowest BCUT2D eigenvalue weighted by molar-refractivity contribution is 0.0147. The maximum absolute atomic E-state index is 14.6. The fourth-order valence-electron chi connectivity index (χ4n) is 6.11. The molecule has 3 fully saturated rings. The molecular formula is C29H25FN4O4S. The van der Waals surface area contributed by atoms with Gasteiger partial charge in [-0.15, -0.1) is 0 Å². The van der Waals surface area contributed by atoms with Crippen molar-refractivity contribution in [3.63, 3.8) is 0 Å². The molecule has 1 aliphatic carbocycles. The van der Waals surface area contributed by atoms with Crippen LogP contribution in [0.25, 0.3) is 21.5 Å². The van der Waals surface area contributed by atoms with Crippen LogP contribution in [0.2, 0.25) is 0 Å². The van der Waals surface area contributed by atoms with Crippen LogP contribution in [0.4, 0.5) is 9.52 Å². The predicted octanol–water partition coefficient (Wildman–Crippen LogP) is 6.25. The Labute approximate surface area is 227 Å². The van der Waals surface area contributed by atoms with Crippen molar-refractivity contribution < 1.29 is 23.6 Å². The highest BCUT2D eigenvalue weighted by atomic mass is 32.1. The smallest absolute Gasteiger partial charge is 0.335 e. The molecule has 2 saturated heterocycles. The molecule has 10 heteroatoms. The van der Waals surface area contributed by atoms with Crippen molar-refractivity contribution in [3.05, 3.63) is 64.7 Å². The standard InChI is InChI=1S/C29H25FN4O4S/c30-23-4-2-1-3-21(23)26-22(27(38-33-26)15-5-6-15)14-37-20-11-18-7-8-19(12-20)34(18)29-32-25-17(13-31)9-16(28(35)36)10-24(25)39-29/h1-4,9-10,15,18-20H,5-8,11-12,14H2,(H,35,36). The number of thiazole rings is 1. The maximum atomic E-state index is 14.6. The van der Waals surface area contributed by atoms with E-state index in [4.69, 9.17) is 14.2 Å². The predicted molar refractivity (Wildman–Crippen MR) is 142 cm³/mol. The van der Waals surface area contributed by atoms with Gasteiger partial charge in [0.25, 0.3) is 0 Å². The van der Waals surface area contributed by atoms with Crippen LogP contribution in [0.3, 0.4) is 0 Å². The number of halogens is 1. The second-order valence-corrected chi connectivity index (χ2v) is 11.6. The highest BCUT2D eigenvalue weighted by molar-refractivity contribution is 7.22. The Kier molecular flexibility index (Phi) is 5.86. The minimum Gasteiger partial charge on any atom is -0.478 e. The zero-order valence-electron chi connectivity index (χ0n) is 21.0. The number of nitrogens with zero attached hydrogens (tertiary/aromatic N) is 4. The van der Waals surface area contributed by atoms with Crippen molar-refractivity contribution in [1.29, 1.82) is 5.26 Å². The fourth-order valence-corrected chi connectivity index (χ4v) is 7.28. The Morgan fingerprint density at radius 2 is 1.97 bits per heavy atom. The van der Waals surface area contributed by atoms with Gasteiger partial charge in [-0.25, -0.2) is 14.2 Å². The number of fused-ring (bicyclic) bond motifs is 3. The van der Waals surface area contributed by atoms with Crippen molar-refractivity contribution >= 4 is 32.7 Å². The fraction of sp³-hybridized carbons (Fsp3) is 0.379. The summed E-state index contributed by atoms with van der Waals surface area (Å²) in [5, 5.41) is 24.1.